The number of rotatable bonds is 5. The third-order valence-corrected chi connectivity index (χ3v) is 4.97. The van der Waals surface area contributed by atoms with Crippen molar-refractivity contribution in [1.82, 2.24) is 10.3 Å². The van der Waals surface area contributed by atoms with Crippen LogP contribution in [-0.2, 0) is 9.53 Å². The summed E-state index contributed by atoms with van der Waals surface area (Å²) in [6, 6.07) is 6.77. The first kappa shape index (κ1) is 23.8. The maximum atomic E-state index is 14.0. The molecule has 2 aromatic rings. The van der Waals surface area contributed by atoms with E-state index < -0.39 is 23.3 Å². The van der Waals surface area contributed by atoms with E-state index in [1.54, 1.807) is 26.8 Å². The number of hydrogen-bond acceptors (Lipinski definition) is 6. The fraction of sp³-hybridized carbons (Fsp3) is 0.391. The zero-order valence-corrected chi connectivity index (χ0v) is 19.0. The highest BCUT2D eigenvalue weighted by molar-refractivity contribution is 6.38. The molecule has 2 heterocycles. The molecule has 2 N–H and O–H groups in total. The molecule has 0 atom stereocenters. The first-order valence-corrected chi connectivity index (χ1v) is 10.8. The molecule has 9 heteroatoms. The van der Waals surface area contributed by atoms with Gasteiger partial charge in [-0.1, -0.05) is 11.6 Å². The number of halogens is 2. The van der Waals surface area contributed by atoms with Gasteiger partial charge in [-0.05, 0) is 77.0 Å². The van der Waals surface area contributed by atoms with Gasteiger partial charge in [0.1, 0.15) is 22.9 Å². The summed E-state index contributed by atoms with van der Waals surface area (Å²) in [5.74, 6) is -1.63. The normalized spacial score (nSPS) is 15.3. The van der Waals surface area contributed by atoms with Gasteiger partial charge >= 0.3 is 5.97 Å². The van der Waals surface area contributed by atoms with Crippen molar-refractivity contribution in [3.63, 3.8) is 0 Å². The summed E-state index contributed by atoms with van der Waals surface area (Å²) in [6.07, 6.45) is 2.80. The lowest BCUT2D eigenvalue weighted by atomic mass is 9.92. The number of amides is 1. The molecule has 32 heavy (non-hydrogen) atoms. The Morgan fingerprint density at radius 2 is 1.94 bits per heavy atom. The summed E-state index contributed by atoms with van der Waals surface area (Å²) in [4.78, 5) is 34.4. The molecule has 1 saturated heterocycles. The fourth-order valence-corrected chi connectivity index (χ4v) is 3.39. The number of benzene rings is 1. The highest BCUT2D eigenvalue weighted by atomic mass is 35.5. The van der Waals surface area contributed by atoms with Crippen LogP contribution in [0.2, 0.25) is 5.02 Å². The number of nitrogens with one attached hydrogen (secondary N) is 2. The minimum absolute atomic E-state index is 0.0169. The maximum Gasteiger partial charge on any atom is 0.353 e. The average Bonchev–Trinajstić information content (AvgIpc) is 2.73. The molecule has 0 saturated carbocycles. The number of aromatic nitrogens is 1. The number of nitrogens with zero attached hydrogens (tertiary/aromatic N) is 2. The van der Waals surface area contributed by atoms with Crippen molar-refractivity contribution in [2.24, 2.45) is 10.9 Å². The third-order valence-electron chi connectivity index (χ3n) is 4.75. The van der Waals surface area contributed by atoms with E-state index in [2.05, 4.69) is 20.6 Å². The monoisotopic (exact) mass is 460 g/mol. The van der Waals surface area contributed by atoms with Crippen LogP contribution in [0.15, 0.2) is 41.5 Å². The second-order valence-corrected chi connectivity index (χ2v) is 8.94. The van der Waals surface area contributed by atoms with Gasteiger partial charge in [0.15, 0.2) is 0 Å². The lowest BCUT2D eigenvalue weighted by Crippen LogP contribution is -2.38. The van der Waals surface area contributed by atoms with Crippen LogP contribution in [0, 0.1) is 11.7 Å². The Balaban J connectivity index is 1.97. The predicted molar refractivity (Wildman–Crippen MR) is 122 cm³/mol. The van der Waals surface area contributed by atoms with E-state index >= 15 is 0 Å². The molecule has 0 spiro atoms. The molecular weight excluding hydrogens is 435 g/mol. The van der Waals surface area contributed by atoms with Crippen molar-refractivity contribution >= 4 is 40.7 Å². The molecule has 0 bridgehead atoms. The van der Waals surface area contributed by atoms with Gasteiger partial charge in [0.05, 0.1) is 16.3 Å². The molecule has 0 radical (unpaired) electrons. The number of piperidine rings is 1. The molecule has 3 rings (SSSR count). The van der Waals surface area contributed by atoms with Crippen molar-refractivity contribution in [3.05, 3.63) is 52.9 Å². The van der Waals surface area contributed by atoms with Gasteiger partial charge in [-0.25, -0.2) is 19.2 Å². The summed E-state index contributed by atoms with van der Waals surface area (Å²) in [7, 11) is 0. The molecule has 7 nitrogen and oxygen atoms in total. The standard InChI is InChI=1S/C23H26ClFN4O3/c1-23(2,3)32-22(31)20(14-8-10-26-11-9-14)28-18-6-5-16(25)12-17(18)21(30)29-19-7-4-15(24)13-27-19/h4-7,12-14,26H,8-11H2,1-3H3,(H,27,29,30). The number of pyridine rings is 1. The third kappa shape index (κ3) is 6.58. The smallest absolute Gasteiger partial charge is 0.353 e. The van der Waals surface area contributed by atoms with Crippen molar-refractivity contribution in [2.45, 2.75) is 39.2 Å². The summed E-state index contributed by atoms with van der Waals surface area (Å²) < 4.78 is 19.6. The Bertz CT molecular complexity index is 1010. The van der Waals surface area contributed by atoms with Crippen LogP contribution >= 0.6 is 11.6 Å². The van der Waals surface area contributed by atoms with Crippen LogP contribution < -0.4 is 10.6 Å². The van der Waals surface area contributed by atoms with Gasteiger partial charge in [-0.15, -0.1) is 0 Å². The molecule has 0 unspecified atom stereocenters. The number of aliphatic imine (C=N–C) groups is 1. The first-order chi connectivity index (χ1) is 15.1. The lowest BCUT2D eigenvalue weighted by Gasteiger charge is -2.26. The fourth-order valence-electron chi connectivity index (χ4n) is 3.28. The molecule has 1 amide bonds. The topological polar surface area (TPSA) is 92.7 Å². The highest BCUT2D eigenvalue weighted by Gasteiger charge is 2.29. The number of ether oxygens (including phenoxy) is 1. The quantitative estimate of drug-likeness (QED) is 0.504. The van der Waals surface area contributed by atoms with E-state index in [0.29, 0.717) is 17.9 Å². The molecular formula is C23H26ClFN4O3. The van der Waals surface area contributed by atoms with Crippen LogP contribution in [0.3, 0.4) is 0 Å². The summed E-state index contributed by atoms with van der Waals surface area (Å²) in [6.45, 7) is 6.82. The second kappa shape index (κ2) is 10.2. The van der Waals surface area contributed by atoms with Gasteiger partial charge in [0, 0.05) is 12.1 Å². The van der Waals surface area contributed by atoms with Crippen molar-refractivity contribution in [1.29, 1.82) is 0 Å². The summed E-state index contributed by atoms with van der Waals surface area (Å²) >= 11 is 5.83. The van der Waals surface area contributed by atoms with Crippen molar-refractivity contribution in [2.75, 3.05) is 18.4 Å². The zero-order chi connectivity index (χ0) is 23.3. The number of carbonyl (C=O) groups excluding carboxylic acids is 2. The van der Waals surface area contributed by atoms with E-state index in [4.69, 9.17) is 16.3 Å². The Kier molecular flexibility index (Phi) is 7.58. The van der Waals surface area contributed by atoms with Gasteiger partial charge in [0.25, 0.3) is 5.91 Å². The first-order valence-electron chi connectivity index (χ1n) is 10.4. The number of carbonyl (C=O) groups is 2. The van der Waals surface area contributed by atoms with E-state index in [-0.39, 0.29) is 28.7 Å². The number of hydrogen-bond donors (Lipinski definition) is 2. The van der Waals surface area contributed by atoms with Gasteiger partial charge < -0.3 is 15.4 Å². The molecule has 1 aromatic heterocycles. The van der Waals surface area contributed by atoms with E-state index in [1.807, 2.05) is 0 Å². The van der Waals surface area contributed by atoms with Crippen LogP contribution in [0.4, 0.5) is 15.9 Å². The van der Waals surface area contributed by atoms with Gasteiger partial charge in [0.2, 0.25) is 0 Å². The predicted octanol–water partition coefficient (Wildman–Crippen LogP) is 4.54. The van der Waals surface area contributed by atoms with Crippen LogP contribution in [0.5, 0.6) is 0 Å². The van der Waals surface area contributed by atoms with Crippen molar-refractivity contribution < 1.29 is 18.7 Å². The summed E-state index contributed by atoms with van der Waals surface area (Å²) in [5, 5.41) is 6.27. The molecule has 1 aromatic carbocycles. The van der Waals surface area contributed by atoms with Gasteiger partial charge in [-0.2, -0.15) is 0 Å². The van der Waals surface area contributed by atoms with Crippen LogP contribution in [-0.4, -0.2) is 41.3 Å². The largest absolute Gasteiger partial charge is 0.455 e. The molecule has 1 fully saturated rings. The Hall–Kier alpha value is -2.84. The van der Waals surface area contributed by atoms with Crippen LogP contribution in [0.25, 0.3) is 0 Å². The van der Waals surface area contributed by atoms with Gasteiger partial charge in [-0.3, -0.25) is 4.79 Å². The minimum Gasteiger partial charge on any atom is -0.455 e. The average molecular weight is 461 g/mol. The van der Waals surface area contributed by atoms with Crippen LogP contribution in [0.1, 0.15) is 44.0 Å². The SMILES string of the molecule is CC(C)(C)OC(=O)C(=Nc1ccc(F)cc1C(=O)Nc1ccc(Cl)cn1)C1CCNCC1. The minimum atomic E-state index is -0.700. The second-order valence-electron chi connectivity index (χ2n) is 8.50. The molecule has 1 aliphatic rings. The number of anilines is 1. The highest BCUT2D eigenvalue weighted by Crippen LogP contribution is 2.26. The van der Waals surface area contributed by atoms with E-state index in [9.17, 15) is 14.0 Å². The summed E-state index contributed by atoms with van der Waals surface area (Å²) in [5.41, 5.74) is -0.311. The Labute approximate surface area is 191 Å². The lowest BCUT2D eigenvalue weighted by molar-refractivity contribution is -0.146. The molecule has 0 aliphatic carbocycles. The molecule has 1 aliphatic heterocycles. The maximum absolute atomic E-state index is 14.0. The zero-order valence-electron chi connectivity index (χ0n) is 18.2. The van der Waals surface area contributed by atoms with Crippen molar-refractivity contribution in [3.8, 4) is 0 Å². The van der Waals surface area contributed by atoms with E-state index in [1.165, 1.54) is 24.4 Å². The van der Waals surface area contributed by atoms with E-state index in [0.717, 1.165) is 19.2 Å². The number of esters is 1. The Morgan fingerprint density at radius 1 is 1.22 bits per heavy atom. The Morgan fingerprint density at radius 3 is 2.56 bits per heavy atom. The molecule has 170 valence electrons.